The number of carboxylic acid groups (broad SMARTS) is 2. The molecule has 0 amide bonds. The molecule has 0 fully saturated rings. The summed E-state index contributed by atoms with van der Waals surface area (Å²) in [6, 6.07) is 0. The van der Waals surface area contributed by atoms with Crippen LogP contribution in [0.3, 0.4) is 0 Å². The van der Waals surface area contributed by atoms with Crippen molar-refractivity contribution in [3.63, 3.8) is 0 Å². The van der Waals surface area contributed by atoms with Gasteiger partial charge in [-0.3, -0.25) is 9.59 Å². The molecule has 0 saturated carbocycles. The van der Waals surface area contributed by atoms with Gasteiger partial charge in [0.1, 0.15) is 0 Å². The zero-order valence-corrected chi connectivity index (χ0v) is 16.6. The smallest absolute Gasteiger partial charge is 0.306 e. The summed E-state index contributed by atoms with van der Waals surface area (Å²) in [7, 11) is 0. The number of unbranched alkanes of at least 4 members (excludes halogenated alkanes) is 2. The third-order valence-corrected chi connectivity index (χ3v) is 3.50. The summed E-state index contributed by atoms with van der Waals surface area (Å²) in [6.45, 7) is 8.01. The standard InChI is InChI=1S/2C8H16O2.2Mn/c2*1-3-5-6-7(4-2)8(9)10;;/h2*7H,3-6H2,1-2H3,(H,9,10);;. The van der Waals surface area contributed by atoms with Crippen molar-refractivity contribution in [1.29, 1.82) is 0 Å². The molecule has 2 atom stereocenters. The second-order valence-electron chi connectivity index (χ2n) is 5.17. The molecule has 0 aliphatic rings. The minimum Gasteiger partial charge on any atom is -0.481 e. The molecule has 2 radical (unpaired) electrons. The Bertz CT molecular complexity index is 235. The number of rotatable bonds is 10. The van der Waals surface area contributed by atoms with E-state index >= 15 is 0 Å². The maximum Gasteiger partial charge on any atom is 0.306 e. The van der Waals surface area contributed by atoms with E-state index in [2.05, 4.69) is 13.8 Å². The first-order valence-corrected chi connectivity index (χ1v) is 7.89. The maximum atomic E-state index is 10.4. The Morgan fingerprint density at radius 2 is 1.00 bits per heavy atom. The Balaban J connectivity index is -0.000000135. The van der Waals surface area contributed by atoms with E-state index in [1.165, 1.54) is 0 Å². The van der Waals surface area contributed by atoms with Crippen molar-refractivity contribution in [2.75, 3.05) is 0 Å². The summed E-state index contributed by atoms with van der Waals surface area (Å²) in [5.74, 6) is -1.51. The third-order valence-electron chi connectivity index (χ3n) is 3.50. The summed E-state index contributed by atoms with van der Waals surface area (Å²) in [5.41, 5.74) is 0. The molecular weight excluding hydrogens is 366 g/mol. The minimum absolute atomic E-state index is 0. The molecule has 0 heterocycles. The summed E-state index contributed by atoms with van der Waals surface area (Å²) in [6.07, 6.45) is 7.43. The van der Waals surface area contributed by atoms with E-state index in [1.807, 2.05) is 13.8 Å². The number of carbonyl (C=O) groups is 2. The second-order valence-corrected chi connectivity index (χ2v) is 5.17. The van der Waals surface area contributed by atoms with Crippen LogP contribution in [-0.4, -0.2) is 22.2 Å². The zero-order chi connectivity index (χ0) is 16.0. The van der Waals surface area contributed by atoms with E-state index in [1.54, 1.807) is 0 Å². The molecule has 2 N–H and O–H groups in total. The summed E-state index contributed by atoms with van der Waals surface area (Å²) >= 11 is 0. The molecule has 0 saturated heterocycles. The van der Waals surface area contributed by atoms with Crippen LogP contribution in [-0.2, 0) is 43.7 Å². The Morgan fingerprint density at radius 3 is 1.14 bits per heavy atom. The number of hydrogen-bond donors (Lipinski definition) is 2. The van der Waals surface area contributed by atoms with E-state index < -0.39 is 11.9 Å². The van der Waals surface area contributed by atoms with Gasteiger partial charge in [0, 0.05) is 34.1 Å². The predicted molar refractivity (Wildman–Crippen MR) is 81.9 cm³/mol. The Labute approximate surface area is 156 Å². The van der Waals surface area contributed by atoms with Crippen LogP contribution >= 0.6 is 0 Å². The fraction of sp³-hybridized carbons (Fsp3) is 0.875. The van der Waals surface area contributed by atoms with Crippen molar-refractivity contribution in [3.8, 4) is 0 Å². The van der Waals surface area contributed by atoms with Gasteiger partial charge < -0.3 is 10.2 Å². The summed E-state index contributed by atoms with van der Waals surface area (Å²) in [5, 5.41) is 17.2. The van der Waals surface area contributed by atoms with Crippen LogP contribution in [0.5, 0.6) is 0 Å². The van der Waals surface area contributed by atoms with Gasteiger partial charge in [0.15, 0.2) is 0 Å². The average Bonchev–Trinajstić information content (AvgIpc) is 2.40. The van der Waals surface area contributed by atoms with Crippen molar-refractivity contribution in [2.24, 2.45) is 11.8 Å². The first kappa shape index (κ1) is 29.9. The van der Waals surface area contributed by atoms with Gasteiger partial charge in [-0.05, 0) is 25.7 Å². The third kappa shape index (κ3) is 18.0. The van der Waals surface area contributed by atoms with Crippen LogP contribution < -0.4 is 0 Å². The first-order chi connectivity index (χ1) is 9.44. The maximum absolute atomic E-state index is 10.4. The van der Waals surface area contributed by atoms with Crippen LogP contribution in [0.2, 0.25) is 0 Å². The van der Waals surface area contributed by atoms with Crippen molar-refractivity contribution in [2.45, 2.75) is 79.1 Å². The van der Waals surface area contributed by atoms with Crippen LogP contribution in [0.25, 0.3) is 0 Å². The molecule has 22 heavy (non-hydrogen) atoms. The van der Waals surface area contributed by atoms with Gasteiger partial charge >= 0.3 is 11.9 Å². The largest absolute Gasteiger partial charge is 0.481 e. The second kappa shape index (κ2) is 21.0. The summed E-state index contributed by atoms with van der Waals surface area (Å²) in [4.78, 5) is 20.9. The quantitative estimate of drug-likeness (QED) is 0.529. The van der Waals surface area contributed by atoms with Crippen molar-refractivity contribution in [1.82, 2.24) is 0 Å². The van der Waals surface area contributed by atoms with Gasteiger partial charge in [-0.25, -0.2) is 0 Å². The Morgan fingerprint density at radius 1 is 0.727 bits per heavy atom. The monoisotopic (exact) mass is 398 g/mol. The molecule has 0 aliphatic carbocycles. The normalized spacial score (nSPS) is 11.8. The van der Waals surface area contributed by atoms with Gasteiger partial charge in [0.05, 0.1) is 11.8 Å². The van der Waals surface area contributed by atoms with Crippen molar-refractivity contribution in [3.05, 3.63) is 0 Å². The molecule has 134 valence electrons. The molecule has 0 aromatic heterocycles. The molecule has 0 rings (SSSR count). The van der Waals surface area contributed by atoms with Crippen LogP contribution in [0.15, 0.2) is 0 Å². The molecule has 0 aromatic carbocycles. The molecule has 0 bridgehead atoms. The average molecular weight is 398 g/mol. The van der Waals surface area contributed by atoms with Gasteiger partial charge in [0.25, 0.3) is 0 Å². The van der Waals surface area contributed by atoms with E-state index in [0.29, 0.717) is 0 Å². The van der Waals surface area contributed by atoms with E-state index in [0.717, 1.165) is 51.4 Å². The van der Waals surface area contributed by atoms with Gasteiger partial charge in [0.2, 0.25) is 0 Å². The Hall–Kier alpha value is -0.0210. The number of aliphatic carboxylic acids is 2. The van der Waals surface area contributed by atoms with Gasteiger partial charge in [-0.1, -0.05) is 53.4 Å². The molecule has 0 aromatic rings. The fourth-order valence-electron chi connectivity index (χ4n) is 1.91. The van der Waals surface area contributed by atoms with E-state index in [9.17, 15) is 9.59 Å². The van der Waals surface area contributed by atoms with Crippen LogP contribution in [0.4, 0.5) is 0 Å². The molecule has 6 heteroatoms. The van der Waals surface area contributed by atoms with E-state index in [4.69, 9.17) is 10.2 Å². The number of carboxylic acids is 2. The number of hydrogen-bond acceptors (Lipinski definition) is 2. The zero-order valence-electron chi connectivity index (χ0n) is 14.3. The van der Waals surface area contributed by atoms with Gasteiger partial charge in [-0.15, -0.1) is 0 Å². The Kier molecular flexibility index (Phi) is 28.5. The van der Waals surface area contributed by atoms with Crippen LogP contribution in [0, 0.1) is 11.8 Å². The first-order valence-electron chi connectivity index (χ1n) is 7.89. The fourth-order valence-corrected chi connectivity index (χ4v) is 1.91. The van der Waals surface area contributed by atoms with Crippen molar-refractivity contribution < 1.29 is 53.9 Å². The SMILES string of the molecule is CCCCC(CC)C(=O)O.CCCCC(CC)C(=O)O.[Mn].[Mn]. The molecule has 4 nitrogen and oxygen atoms in total. The van der Waals surface area contributed by atoms with Gasteiger partial charge in [-0.2, -0.15) is 0 Å². The van der Waals surface area contributed by atoms with Crippen LogP contribution in [0.1, 0.15) is 79.1 Å². The van der Waals surface area contributed by atoms with E-state index in [-0.39, 0.29) is 46.0 Å². The molecule has 2 unspecified atom stereocenters. The molecule has 0 spiro atoms. The molecule has 0 aliphatic heterocycles. The topological polar surface area (TPSA) is 74.6 Å². The minimum atomic E-state index is -0.643. The van der Waals surface area contributed by atoms with Crippen molar-refractivity contribution >= 4 is 11.9 Å². The predicted octanol–water partition coefficient (Wildman–Crippen LogP) is 4.57. The summed E-state index contributed by atoms with van der Waals surface area (Å²) < 4.78 is 0. The molecular formula is C16H32Mn2O4.